The molecule has 0 amide bonds. The molecule has 2 rings (SSSR count). The molecular weight excluding hydrogens is 210 g/mol. The van der Waals surface area contributed by atoms with Crippen LogP contribution in [0.5, 0.6) is 0 Å². The van der Waals surface area contributed by atoms with Crippen molar-refractivity contribution < 1.29 is 4.79 Å². The van der Waals surface area contributed by atoms with Crippen LogP contribution in [0.4, 0.5) is 0 Å². The third kappa shape index (κ3) is 1.87. The van der Waals surface area contributed by atoms with E-state index >= 15 is 0 Å². The van der Waals surface area contributed by atoms with E-state index in [2.05, 4.69) is 10.1 Å². The summed E-state index contributed by atoms with van der Waals surface area (Å²) in [6, 6.07) is 9.44. The van der Waals surface area contributed by atoms with E-state index in [0.717, 1.165) is 5.56 Å². The van der Waals surface area contributed by atoms with Gasteiger partial charge in [0.05, 0.1) is 0 Å². The van der Waals surface area contributed by atoms with Crippen LogP contribution in [-0.2, 0) is 0 Å². The van der Waals surface area contributed by atoms with Crippen LogP contribution in [0.2, 0.25) is 0 Å². The first-order valence-electron chi connectivity index (χ1n) is 4.44. The van der Waals surface area contributed by atoms with Crippen LogP contribution >= 0.6 is 12.2 Å². The van der Waals surface area contributed by atoms with Crippen molar-refractivity contribution in [2.24, 2.45) is 0 Å². The number of H-pyrrole nitrogens is 1. The molecular formula is C10H9N3OS. The van der Waals surface area contributed by atoms with Crippen LogP contribution in [0.3, 0.4) is 0 Å². The smallest absolute Gasteiger partial charge is 0.244 e. The molecule has 0 spiro atoms. The molecule has 0 radical (unpaired) electrons. The summed E-state index contributed by atoms with van der Waals surface area (Å²) in [6.45, 7) is 1.46. The molecule has 1 aromatic carbocycles. The molecule has 76 valence electrons. The van der Waals surface area contributed by atoms with E-state index in [1.807, 2.05) is 30.3 Å². The molecule has 0 aliphatic heterocycles. The fourth-order valence-corrected chi connectivity index (χ4v) is 1.51. The Kier molecular flexibility index (Phi) is 2.47. The van der Waals surface area contributed by atoms with Gasteiger partial charge in [-0.15, -0.1) is 0 Å². The Bertz CT molecular complexity index is 541. The predicted octanol–water partition coefficient (Wildman–Crippen LogP) is 2.27. The zero-order valence-corrected chi connectivity index (χ0v) is 8.91. The number of rotatable bonds is 1. The SMILES string of the molecule is CC(=O)n1[nH]c(=S)nc1-c1ccccc1. The Hall–Kier alpha value is -1.75. The van der Waals surface area contributed by atoms with Crippen LogP contribution in [0, 0.1) is 4.77 Å². The Morgan fingerprint density at radius 2 is 2.07 bits per heavy atom. The molecule has 0 saturated heterocycles. The molecule has 15 heavy (non-hydrogen) atoms. The molecule has 1 aromatic heterocycles. The van der Waals surface area contributed by atoms with Gasteiger partial charge in [-0.3, -0.25) is 9.89 Å². The number of aromatic amines is 1. The average molecular weight is 219 g/mol. The summed E-state index contributed by atoms with van der Waals surface area (Å²) in [7, 11) is 0. The highest BCUT2D eigenvalue weighted by molar-refractivity contribution is 7.71. The van der Waals surface area contributed by atoms with Crippen molar-refractivity contribution in [2.75, 3.05) is 0 Å². The fraction of sp³-hybridized carbons (Fsp3) is 0.100. The maximum atomic E-state index is 11.3. The molecule has 0 unspecified atom stereocenters. The summed E-state index contributed by atoms with van der Waals surface area (Å²) in [5.41, 5.74) is 0.861. The van der Waals surface area contributed by atoms with Gasteiger partial charge in [0.2, 0.25) is 10.7 Å². The van der Waals surface area contributed by atoms with Gasteiger partial charge in [0.15, 0.2) is 5.82 Å². The molecule has 0 aliphatic rings. The maximum absolute atomic E-state index is 11.3. The third-order valence-electron chi connectivity index (χ3n) is 1.97. The summed E-state index contributed by atoms with van der Waals surface area (Å²) in [6.07, 6.45) is 0. The van der Waals surface area contributed by atoms with Gasteiger partial charge in [0.1, 0.15) is 0 Å². The second kappa shape index (κ2) is 3.78. The van der Waals surface area contributed by atoms with Crippen LogP contribution < -0.4 is 0 Å². The number of carbonyl (C=O) groups excluding carboxylic acids is 1. The number of nitrogens with zero attached hydrogens (tertiary/aromatic N) is 2. The quantitative estimate of drug-likeness (QED) is 0.748. The molecule has 1 N–H and O–H groups in total. The van der Waals surface area contributed by atoms with E-state index < -0.39 is 0 Å². The minimum atomic E-state index is -0.141. The lowest BCUT2D eigenvalue weighted by Crippen LogP contribution is -2.09. The lowest BCUT2D eigenvalue weighted by molar-refractivity contribution is 0.0923. The summed E-state index contributed by atoms with van der Waals surface area (Å²) >= 11 is 4.90. The highest BCUT2D eigenvalue weighted by Crippen LogP contribution is 2.15. The highest BCUT2D eigenvalue weighted by atomic mass is 32.1. The van der Waals surface area contributed by atoms with Gasteiger partial charge in [-0.05, 0) is 12.2 Å². The van der Waals surface area contributed by atoms with E-state index in [9.17, 15) is 4.79 Å². The first kappa shape index (κ1) is 9.79. The number of aromatic nitrogens is 3. The second-order valence-electron chi connectivity index (χ2n) is 3.07. The van der Waals surface area contributed by atoms with Crippen molar-refractivity contribution in [1.82, 2.24) is 14.8 Å². The fourth-order valence-electron chi connectivity index (χ4n) is 1.33. The Labute approximate surface area is 91.6 Å². The van der Waals surface area contributed by atoms with E-state index in [1.54, 1.807) is 0 Å². The zero-order chi connectivity index (χ0) is 10.8. The zero-order valence-electron chi connectivity index (χ0n) is 8.10. The van der Waals surface area contributed by atoms with E-state index in [4.69, 9.17) is 12.2 Å². The molecule has 0 bridgehead atoms. The van der Waals surface area contributed by atoms with Gasteiger partial charge in [0.25, 0.3) is 0 Å². The van der Waals surface area contributed by atoms with Gasteiger partial charge in [-0.2, -0.15) is 4.98 Å². The normalized spacial score (nSPS) is 10.2. The van der Waals surface area contributed by atoms with Crippen molar-refractivity contribution in [3.05, 3.63) is 35.1 Å². The molecule has 2 aromatic rings. The lowest BCUT2D eigenvalue weighted by atomic mass is 10.2. The van der Waals surface area contributed by atoms with Gasteiger partial charge in [-0.1, -0.05) is 30.3 Å². The maximum Gasteiger partial charge on any atom is 0.244 e. The first-order chi connectivity index (χ1) is 7.18. The van der Waals surface area contributed by atoms with Crippen LogP contribution in [0.25, 0.3) is 11.4 Å². The third-order valence-corrected chi connectivity index (χ3v) is 2.16. The largest absolute Gasteiger partial charge is 0.273 e. The van der Waals surface area contributed by atoms with Crippen molar-refractivity contribution in [1.29, 1.82) is 0 Å². The first-order valence-corrected chi connectivity index (χ1v) is 4.85. The van der Waals surface area contributed by atoms with Crippen molar-refractivity contribution in [3.8, 4) is 11.4 Å². The number of hydrogen-bond acceptors (Lipinski definition) is 3. The highest BCUT2D eigenvalue weighted by Gasteiger charge is 2.09. The van der Waals surface area contributed by atoms with E-state index in [1.165, 1.54) is 11.6 Å². The molecule has 0 fully saturated rings. The number of benzene rings is 1. The molecule has 0 aliphatic carbocycles. The van der Waals surface area contributed by atoms with Gasteiger partial charge in [0, 0.05) is 12.5 Å². The number of carbonyl (C=O) groups is 1. The monoisotopic (exact) mass is 219 g/mol. The van der Waals surface area contributed by atoms with Crippen LogP contribution in [0.15, 0.2) is 30.3 Å². The molecule has 5 heteroatoms. The van der Waals surface area contributed by atoms with Gasteiger partial charge < -0.3 is 0 Å². The average Bonchev–Trinajstić information content (AvgIpc) is 2.62. The van der Waals surface area contributed by atoms with Gasteiger partial charge >= 0.3 is 0 Å². The number of nitrogens with one attached hydrogen (secondary N) is 1. The Morgan fingerprint density at radius 3 is 2.67 bits per heavy atom. The summed E-state index contributed by atoms with van der Waals surface area (Å²) < 4.78 is 1.65. The minimum absolute atomic E-state index is 0.141. The predicted molar refractivity (Wildman–Crippen MR) is 59.1 cm³/mol. The standard InChI is InChI=1S/C10H9N3OS/c1-7(14)13-9(11-10(15)12-13)8-5-3-2-4-6-8/h2-6H,1H3,(H,12,15). The summed E-state index contributed by atoms with van der Waals surface area (Å²) in [5, 5.41) is 2.71. The second-order valence-corrected chi connectivity index (χ2v) is 3.46. The molecule has 0 atom stereocenters. The Morgan fingerprint density at radius 1 is 1.40 bits per heavy atom. The minimum Gasteiger partial charge on any atom is -0.273 e. The molecule has 0 saturated carbocycles. The van der Waals surface area contributed by atoms with E-state index in [-0.39, 0.29) is 5.91 Å². The van der Waals surface area contributed by atoms with Gasteiger partial charge in [-0.25, -0.2) is 4.68 Å². The number of hydrogen-bond donors (Lipinski definition) is 1. The van der Waals surface area contributed by atoms with E-state index in [0.29, 0.717) is 10.6 Å². The lowest BCUT2D eigenvalue weighted by Gasteiger charge is -2.01. The Balaban J connectivity index is 2.63. The summed E-state index contributed by atoms with van der Waals surface area (Å²) in [5.74, 6) is 0.408. The van der Waals surface area contributed by atoms with Crippen LogP contribution in [-0.4, -0.2) is 20.7 Å². The van der Waals surface area contributed by atoms with Crippen molar-refractivity contribution in [3.63, 3.8) is 0 Å². The topological polar surface area (TPSA) is 50.7 Å². The molecule has 4 nitrogen and oxygen atoms in total. The van der Waals surface area contributed by atoms with Crippen molar-refractivity contribution >= 4 is 18.1 Å². The van der Waals surface area contributed by atoms with Crippen LogP contribution in [0.1, 0.15) is 11.7 Å². The molecule has 1 heterocycles. The van der Waals surface area contributed by atoms with Crippen molar-refractivity contribution in [2.45, 2.75) is 6.92 Å². The summed E-state index contributed by atoms with van der Waals surface area (Å²) in [4.78, 5) is 15.4.